The van der Waals surface area contributed by atoms with Gasteiger partial charge in [-0.1, -0.05) is 30.7 Å². The summed E-state index contributed by atoms with van der Waals surface area (Å²) in [5.74, 6) is 0.480. The quantitative estimate of drug-likeness (QED) is 0.806. The number of rotatable bonds is 1. The van der Waals surface area contributed by atoms with Gasteiger partial charge < -0.3 is 0 Å². The molecule has 5 heteroatoms. The summed E-state index contributed by atoms with van der Waals surface area (Å²) in [6.07, 6.45) is 2.38. The molecule has 1 N–H and O–H groups in total. The standard InChI is InChI=1S/C16H18ClNO2S/c1-10-16(6-3-7-21-10)9-13(19)18-15(20)14(16)11-4-2-5-12(17)8-11/h2,4-5,8,10,14H,3,6-7,9H2,1H3,(H,18,19,20). The Morgan fingerprint density at radius 1 is 1.38 bits per heavy atom. The van der Waals surface area contributed by atoms with Crippen LogP contribution in [0.4, 0.5) is 0 Å². The van der Waals surface area contributed by atoms with Gasteiger partial charge in [-0.25, -0.2) is 0 Å². The van der Waals surface area contributed by atoms with E-state index in [1.165, 1.54) is 0 Å². The summed E-state index contributed by atoms with van der Waals surface area (Å²) in [5, 5.41) is 3.42. The van der Waals surface area contributed by atoms with Crippen LogP contribution in [0.2, 0.25) is 5.02 Å². The minimum absolute atomic E-state index is 0.146. The highest BCUT2D eigenvalue weighted by atomic mass is 35.5. The van der Waals surface area contributed by atoms with Crippen molar-refractivity contribution in [1.82, 2.24) is 5.32 Å². The van der Waals surface area contributed by atoms with Crippen molar-refractivity contribution >= 4 is 35.2 Å². The summed E-state index contributed by atoms with van der Waals surface area (Å²) in [5.41, 5.74) is 0.634. The lowest BCUT2D eigenvalue weighted by Gasteiger charge is -2.49. The molecule has 1 aromatic rings. The molecule has 3 nitrogen and oxygen atoms in total. The van der Waals surface area contributed by atoms with E-state index >= 15 is 0 Å². The molecule has 21 heavy (non-hydrogen) atoms. The molecular weight excluding hydrogens is 306 g/mol. The fraction of sp³-hybridized carbons (Fsp3) is 0.500. The zero-order valence-electron chi connectivity index (χ0n) is 11.9. The number of halogens is 1. The fourth-order valence-corrected chi connectivity index (χ4v) is 5.26. The van der Waals surface area contributed by atoms with Gasteiger partial charge in [-0.05, 0) is 36.3 Å². The average molecular weight is 324 g/mol. The molecule has 3 atom stereocenters. The molecule has 2 amide bonds. The maximum atomic E-state index is 12.6. The maximum absolute atomic E-state index is 12.6. The van der Waals surface area contributed by atoms with Crippen LogP contribution < -0.4 is 5.32 Å². The Morgan fingerprint density at radius 3 is 2.90 bits per heavy atom. The molecule has 0 saturated carbocycles. The van der Waals surface area contributed by atoms with Crippen LogP contribution in [0, 0.1) is 5.41 Å². The molecule has 2 saturated heterocycles. The summed E-state index contributed by atoms with van der Waals surface area (Å²) >= 11 is 7.97. The summed E-state index contributed by atoms with van der Waals surface area (Å²) in [6.45, 7) is 2.15. The van der Waals surface area contributed by atoms with Crippen molar-refractivity contribution < 1.29 is 9.59 Å². The van der Waals surface area contributed by atoms with E-state index in [4.69, 9.17) is 11.6 Å². The van der Waals surface area contributed by atoms with Gasteiger partial charge in [0.25, 0.3) is 0 Å². The first-order valence-corrected chi connectivity index (χ1v) is 8.66. The van der Waals surface area contributed by atoms with Gasteiger partial charge in [0, 0.05) is 22.1 Å². The van der Waals surface area contributed by atoms with E-state index in [9.17, 15) is 9.59 Å². The molecule has 0 aliphatic carbocycles. The Kier molecular flexibility index (Phi) is 4.02. The third kappa shape index (κ3) is 2.59. The Bertz CT molecular complexity index is 591. The highest BCUT2D eigenvalue weighted by Gasteiger charge is 2.53. The number of hydrogen-bond acceptors (Lipinski definition) is 3. The van der Waals surface area contributed by atoms with Crippen LogP contribution in [0.1, 0.15) is 37.7 Å². The summed E-state index contributed by atoms with van der Waals surface area (Å²) in [7, 11) is 0. The van der Waals surface area contributed by atoms with Crippen LogP contribution in [0.5, 0.6) is 0 Å². The van der Waals surface area contributed by atoms with Gasteiger partial charge in [0.2, 0.25) is 11.8 Å². The van der Waals surface area contributed by atoms with Gasteiger partial charge in [-0.2, -0.15) is 11.8 Å². The fourth-order valence-electron chi connectivity index (χ4n) is 3.73. The zero-order valence-corrected chi connectivity index (χ0v) is 13.5. The first kappa shape index (κ1) is 14.9. The van der Waals surface area contributed by atoms with Crippen molar-refractivity contribution in [2.45, 2.75) is 37.4 Å². The molecule has 1 aromatic carbocycles. The molecule has 112 valence electrons. The molecule has 3 rings (SSSR count). The number of thioether (sulfide) groups is 1. The highest BCUT2D eigenvalue weighted by molar-refractivity contribution is 7.99. The lowest BCUT2D eigenvalue weighted by atomic mass is 9.63. The second kappa shape index (κ2) is 5.65. The molecule has 0 bridgehead atoms. The number of benzene rings is 1. The van der Waals surface area contributed by atoms with Crippen LogP contribution in [0.15, 0.2) is 24.3 Å². The largest absolute Gasteiger partial charge is 0.296 e. The van der Waals surface area contributed by atoms with Crippen LogP contribution in [0.3, 0.4) is 0 Å². The van der Waals surface area contributed by atoms with Gasteiger partial charge in [-0.3, -0.25) is 14.9 Å². The molecule has 2 fully saturated rings. The number of carbonyl (C=O) groups excluding carboxylic acids is 2. The van der Waals surface area contributed by atoms with E-state index in [-0.39, 0.29) is 28.4 Å². The van der Waals surface area contributed by atoms with Crippen molar-refractivity contribution in [3.8, 4) is 0 Å². The molecule has 0 aromatic heterocycles. The SMILES string of the molecule is CC1SCCCC12CC(=O)NC(=O)C2c1cccc(Cl)c1. The first-order chi connectivity index (χ1) is 10.0. The predicted octanol–water partition coefficient (Wildman–Crippen LogP) is 3.37. The second-order valence-corrected chi connectivity index (χ2v) is 7.81. The smallest absolute Gasteiger partial charge is 0.234 e. The number of amides is 2. The number of imide groups is 1. The lowest BCUT2D eigenvalue weighted by molar-refractivity contribution is -0.140. The molecule has 2 aliphatic rings. The Labute approximate surface area is 133 Å². The van der Waals surface area contributed by atoms with Crippen molar-refractivity contribution in [3.63, 3.8) is 0 Å². The average Bonchev–Trinajstić information content (AvgIpc) is 2.41. The van der Waals surface area contributed by atoms with E-state index in [2.05, 4.69) is 12.2 Å². The number of carbonyl (C=O) groups is 2. The van der Waals surface area contributed by atoms with Crippen LogP contribution >= 0.6 is 23.4 Å². The van der Waals surface area contributed by atoms with E-state index in [0.717, 1.165) is 24.2 Å². The van der Waals surface area contributed by atoms with Crippen molar-refractivity contribution in [2.24, 2.45) is 5.41 Å². The van der Waals surface area contributed by atoms with Gasteiger partial charge in [0.05, 0.1) is 5.92 Å². The monoisotopic (exact) mass is 323 g/mol. The minimum Gasteiger partial charge on any atom is -0.296 e. The number of nitrogens with one attached hydrogen (secondary N) is 1. The maximum Gasteiger partial charge on any atom is 0.234 e. The summed E-state index contributed by atoms with van der Waals surface area (Å²) in [4.78, 5) is 24.5. The third-order valence-corrected chi connectivity index (χ3v) is 6.46. The normalized spacial score (nSPS) is 33.0. The van der Waals surface area contributed by atoms with Gasteiger partial charge in [0.15, 0.2) is 0 Å². The highest BCUT2D eigenvalue weighted by Crippen LogP contribution is 2.54. The van der Waals surface area contributed by atoms with Crippen molar-refractivity contribution in [3.05, 3.63) is 34.9 Å². The lowest BCUT2D eigenvalue weighted by Crippen LogP contribution is -2.55. The first-order valence-electron chi connectivity index (χ1n) is 7.24. The second-order valence-electron chi connectivity index (χ2n) is 5.93. The van der Waals surface area contributed by atoms with Crippen LogP contribution in [0.25, 0.3) is 0 Å². The third-order valence-electron chi connectivity index (χ3n) is 4.74. The Morgan fingerprint density at radius 2 is 2.19 bits per heavy atom. The summed E-state index contributed by atoms with van der Waals surface area (Å²) < 4.78 is 0. The van der Waals surface area contributed by atoms with E-state index in [0.29, 0.717) is 11.4 Å². The van der Waals surface area contributed by atoms with Crippen LogP contribution in [-0.2, 0) is 9.59 Å². The molecular formula is C16H18ClNO2S. The summed E-state index contributed by atoms with van der Waals surface area (Å²) in [6, 6.07) is 7.48. The van der Waals surface area contributed by atoms with E-state index < -0.39 is 0 Å². The topological polar surface area (TPSA) is 46.2 Å². The number of hydrogen-bond donors (Lipinski definition) is 1. The molecule has 0 radical (unpaired) electrons. The van der Waals surface area contributed by atoms with Crippen LogP contribution in [-0.4, -0.2) is 22.8 Å². The number of piperidine rings is 1. The van der Waals surface area contributed by atoms with Gasteiger partial charge in [0.1, 0.15) is 0 Å². The van der Waals surface area contributed by atoms with E-state index in [1.807, 2.05) is 36.0 Å². The minimum atomic E-state index is -0.295. The Balaban J connectivity index is 2.08. The Hall–Kier alpha value is -1.00. The van der Waals surface area contributed by atoms with Crippen molar-refractivity contribution in [2.75, 3.05) is 5.75 Å². The molecule has 2 heterocycles. The molecule has 3 unspecified atom stereocenters. The van der Waals surface area contributed by atoms with E-state index in [1.54, 1.807) is 0 Å². The van der Waals surface area contributed by atoms with Gasteiger partial charge in [-0.15, -0.1) is 0 Å². The van der Waals surface area contributed by atoms with Gasteiger partial charge >= 0.3 is 0 Å². The zero-order chi connectivity index (χ0) is 15.0. The van der Waals surface area contributed by atoms with Crippen molar-refractivity contribution in [1.29, 1.82) is 0 Å². The predicted molar refractivity (Wildman–Crippen MR) is 85.5 cm³/mol. The molecule has 1 spiro atoms. The molecule has 2 aliphatic heterocycles.